The first kappa shape index (κ1) is 18.8. The third-order valence-corrected chi connectivity index (χ3v) is 4.26. The van der Waals surface area contributed by atoms with Gasteiger partial charge in [0.25, 0.3) is 0 Å². The smallest absolute Gasteiger partial charge is 0.419 e. The van der Waals surface area contributed by atoms with E-state index in [1.54, 1.807) is 10.6 Å². The molecule has 6 nitrogen and oxygen atoms in total. The largest absolute Gasteiger partial charge is 0.494 e. The Bertz CT molecular complexity index is 958. The van der Waals surface area contributed by atoms with Crippen molar-refractivity contribution in [3.63, 3.8) is 0 Å². The van der Waals surface area contributed by atoms with E-state index in [0.29, 0.717) is 38.1 Å². The molecule has 0 radical (unpaired) electrons. The van der Waals surface area contributed by atoms with E-state index in [2.05, 4.69) is 5.32 Å². The van der Waals surface area contributed by atoms with Crippen molar-refractivity contribution in [2.24, 2.45) is 0 Å². The second-order valence-electron chi connectivity index (χ2n) is 6.46. The van der Waals surface area contributed by atoms with Crippen LogP contribution in [-0.2, 0) is 11.3 Å². The number of oxazole rings is 1. The summed E-state index contributed by atoms with van der Waals surface area (Å²) in [6.45, 7) is 3.60. The lowest BCUT2D eigenvalue weighted by atomic mass is 10.2. The van der Waals surface area contributed by atoms with Crippen molar-refractivity contribution in [1.29, 1.82) is 0 Å². The molecule has 0 aliphatic rings. The molecule has 0 unspecified atom stereocenters. The van der Waals surface area contributed by atoms with Crippen LogP contribution in [0.3, 0.4) is 0 Å². The van der Waals surface area contributed by atoms with Gasteiger partial charge >= 0.3 is 5.76 Å². The predicted molar refractivity (Wildman–Crippen MR) is 104 cm³/mol. The minimum atomic E-state index is -0.384. The number of benzene rings is 2. The molecule has 0 spiro atoms. The number of ether oxygens (including phenoxy) is 1. The van der Waals surface area contributed by atoms with Gasteiger partial charge in [-0.1, -0.05) is 24.3 Å². The second kappa shape index (κ2) is 9.07. The molecule has 2 aromatic carbocycles. The second-order valence-corrected chi connectivity index (χ2v) is 6.46. The van der Waals surface area contributed by atoms with Gasteiger partial charge in [0, 0.05) is 19.5 Å². The number of nitrogens with one attached hydrogen (secondary N) is 1. The Kier molecular flexibility index (Phi) is 6.30. The summed E-state index contributed by atoms with van der Waals surface area (Å²) >= 11 is 0. The lowest BCUT2D eigenvalue weighted by Gasteiger charge is -2.08. The third-order valence-electron chi connectivity index (χ3n) is 4.26. The predicted octanol–water partition coefficient (Wildman–Crippen LogP) is 3.27. The zero-order valence-electron chi connectivity index (χ0n) is 15.4. The highest BCUT2D eigenvalue weighted by Crippen LogP contribution is 2.13. The number of aryl methyl sites for hydroxylation is 2. The summed E-state index contributed by atoms with van der Waals surface area (Å²) in [5.41, 5.74) is 2.49. The minimum absolute atomic E-state index is 0.0218. The number of para-hydroxylation sites is 2. The molecule has 0 aliphatic heterocycles. The van der Waals surface area contributed by atoms with Gasteiger partial charge in [-0.05, 0) is 49.6 Å². The number of hydrogen-bond acceptors (Lipinski definition) is 4. The van der Waals surface area contributed by atoms with Gasteiger partial charge in [0.15, 0.2) is 5.58 Å². The molecule has 1 heterocycles. The quantitative estimate of drug-likeness (QED) is 0.588. The van der Waals surface area contributed by atoms with Crippen molar-refractivity contribution in [3.8, 4) is 5.75 Å². The number of amides is 1. The molecule has 1 amide bonds. The van der Waals surface area contributed by atoms with Crippen LogP contribution < -0.4 is 15.8 Å². The summed E-state index contributed by atoms with van der Waals surface area (Å²) in [4.78, 5) is 23.8. The molecule has 27 heavy (non-hydrogen) atoms. The van der Waals surface area contributed by atoms with Gasteiger partial charge in [-0.25, -0.2) is 4.79 Å². The van der Waals surface area contributed by atoms with Crippen LogP contribution in [0, 0.1) is 6.92 Å². The molecule has 0 bridgehead atoms. The molecule has 3 aromatic rings. The van der Waals surface area contributed by atoms with E-state index in [-0.39, 0.29) is 11.7 Å². The fourth-order valence-electron chi connectivity index (χ4n) is 2.91. The Morgan fingerprint density at radius 1 is 1.15 bits per heavy atom. The molecular formula is C21H24N2O4. The first-order chi connectivity index (χ1) is 13.1. The van der Waals surface area contributed by atoms with Gasteiger partial charge < -0.3 is 14.5 Å². The van der Waals surface area contributed by atoms with Crippen LogP contribution in [0.15, 0.2) is 57.7 Å². The number of nitrogens with zero attached hydrogens (tertiary/aromatic N) is 1. The molecule has 0 atom stereocenters. The number of carbonyl (C=O) groups excluding carboxylic acids is 1. The number of fused-ring (bicyclic) bond motifs is 1. The Labute approximate surface area is 157 Å². The highest BCUT2D eigenvalue weighted by atomic mass is 16.5. The maximum absolute atomic E-state index is 11.9. The van der Waals surface area contributed by atoms with E-state index in [1.165, 1.54) is 0 Å². The Morgan fingerprint density at radius 2 is 2.00 bits per heavy atom. The first-order valence-corrected chi connectivity index (χ1v) is 9.18. The van der Waals surface area contributed by atoms with E-state index in [4.69, 9.17) is 9.15 Å². The standard InChI is InChI=1S/C21H24N2O4/c1-16-7-4-8-17(15-16)26-14-6-12-22-20(24)11-5-13-23-18-9-2-3-10-19(18)27-21(23)25/h2-4,7-10,15H,5-6,11-14H2,1H3,(H,22,24). The van der Waals surface area contributed by atoms with Crippen LogP contribution in [-0.4, -0.2) is 23.6 Å². The Hall–Kier alpha value is -3.02. The number of carbonyl (C=O) groups is 1. The van der Waals surface area contributed by atoms with E-state index >= 15 is 0 Å². The van der Waals surface area contributed by atoms with Crippen molar-refractivity contribution in [2.45, 2.75) is 32.7 Å². The SMILES string of the molecule is Cc1cccc(OCCCNC(=O)CCCn2c(=O)oc3ccccc32)c1. The van der Waals surface area contributed by atoms with Crippen LogP contribution in [0.5, 0.6) is 5.75 Å². The van der Waals surface area contributed by atoms with Gasteiger partial charge in [-0.2, -0.15) is 0 Å². The van der Waals surface area contributed by atoms with Gasteiger partial charge in [0.05, 0.1) is 12.1 Å². The molecular weight excluding hydrogens is 344 g/mol. The average Bonchev–Trinajstić information content (AvgIpc) is 2.97. The van der Waals surface area contributed by atoms with Gasteiger partial charge in [0.1, 0.15) is 5.75 Å². The van der Waals surface area contributed by atoms with Crippen LogP contribution in [0.1, 0.15) is 24.8 Å². The monoisotopic (exact) mass is 368 g/mol. The van der Waals surface area contributed by atoms with E-state index in [1.807, 2.05) is 49.4 Å². The van der Waals surface area contributed by atoms with Crippen molar-refractivity contribution in [1.82, 2.24) is 9.88 Å². The molecule has 1 aromatic heterocycles. The Morgan fingerprint density at radius 3 is 2.85 bits per heavy atom. The van der Waals surface area contributed by atoms with E-state index in [0.717, 1.165) is 23.3 Å². The molecule has 0 aliphatic carbocycles. The lowest BCUT2D eigenvalue weighted by Crippen LogP contribution is -2.26. The molecule has 0 saturated carbocycles. The summed E-state index contributed by atoms with van der Waals surface area (Å²) < 4.78 is 12.4. The van der Waals surface area contributed by atoms with E-state index in [9.17, 15) is 9.59 Å². The van der Waals surface area contributed by atoms with Crippen LogP contribution in [0.2, 0.25) is 0 Å². The topological polar surface area (TPSA) is 73.5 Å². The van der Waals surface area contributed by atoms with Crippen molar-refractivity contribution >= 4 is 17.0 Å². The van der Waals surface area contributed by atoms with E-state index < -0.39 is 0 Å². The number of hydrogen-bond donors (Lipinski definition) is 1. The minimum Gasteiger partial charge on any atom is -0.494 e. The maximum Gasteiger partial charge on any atom is 0.419 e. The summed E-state index contributed by atoms with van der Waals surface area (Å²) in [5, 5.41) is 2.88. The summed E-state index contributed by atoms with van der Waals surface area (Å²) in [6.07, 6.45) is 1.69. The summed E-state index contributed by atoms with van der Waals surface area (Å²) in [7, 11) is 0. The van der Waals surface area contributed by atoms with Gasteiger partial charge in [0.2, 0.25) is 5.91 Å². The zero-order chi connectivity index (χ0) is 19.1. The molecule has 3 rings (SSSR count). The highest BCUT2D eigenvalue weighted by molar-refractivity contribution is 5.76. The molecule has 0 saturated heterocycles. The summed E-state index contributed by atoms with van der Waals surface area (Å²) in [6, 6.07) is 15.2. The summed E-state index contributed by atoms with van der Waals surface area (Å²) in [5.74, 6) is 0.440. The lowest BCUT2D eigenvalue weighted by molar-refractivity contribution is -0.121. The first-order valence-electron chi connectivity index (χ1n) is 9.18. The van der Waals surface area contributed by atoms with Gasteiger partial charge in [-0.3, -0.25) is 9.36 Å². The van der Waals surface area contributed by atoms with Crippen molar-refractivity contribution in [2.75, 3.05) is 13.2 Å². The van der Waals surface area contributed by atoms with Crippen LogP contribution in [0.4, 0.5) is 0 Å². The molecule has 1 N–H and O–H groups in total. The number of rotatable bonds is 9. The van der Waals surface area contributed by atoms with Crippen LogP contribution >= 0.6 is 0 Å². The highest BCUT2D eigenvalue weighted by Gasteiger charge is 2.09. The molecule has 142 valence electrons. The van der Waals surface area contributed by atoms with Crippen molar-refractivity contribution in [3.05, 3.63) is 64.6 Å². The van der Waals surface area contributed by atoms with Crippen molar-refractivity contribution < 1.29 is 13.9 Å². The Balaban J connectivity index is 1.34. The fraction of sp³-hybridized carbons (Fsp3) is 0.333. The zero-order valence-corrected chi connectivity index (χ0v) is 15.4. The van der Waals surface area contributed by atoms with Crippen LogP contribution in [0.25, 0.3) is 11.1 Å². The fourth-order valence-corrected chi connectivity index (χ4v) is 2.91. The molecule has 0 fully saturated rings. The number of aromatic nitrogens is 1. The van der Waals surface area contributed by atoms with Gasteiger partial charge in [-0.15, -0.1) is 0 Å². The molecule has 6 heteroatoms. The third kappa shape index (κ3) is 5.23. The maximum atomic E-state index is 11.9. The average molecular weight is 368 g/mol. The normalized spacial score (nSPS) is 10.9.